The molecule has 6 rings (SSSR count). The second-order valence-electron chi connectivity index (χ2n) is 10.4. The summed E-state index contributed by atoms with van der Waals surface area (Å²) in [4.78, 5) is 40.3. The molecule has 0 spiro atoms. The number of Topliss-reactive ketones (excluding diaryl/α,β-unsaturated/α-hetero) is 1. The summed E-state index contributed by atoms with van der Waals surface area (Å²) in [6.45, 7) is 2.78. The summed E-state index contributed by atoms with van der Waals surface area (Å²) in [6, 6.07) is 2.43. The van der Waals surface area contributed by atoms with Crippen LogP contribution in [0.3, 0.4) is 0 Å². The lowest BCUT2D eigenvalue weighted by molar-refractivity contribution is -0.124. The molecule has 206 valence electrons. The van der Waals surface area contributed by atoms with Gasteiger partial charge in [-0.3, -0.25) is 14.4 Å². The van der Waals surface area contributed by atoms with Gasteiger partial charge >= 0.3 is 0 Å². The summed E-state index contributed by atoms with van der Waals surface area (Å²) < 4.78 is 22.5. The summed E-state index contributed by atoms with van der Waals surface area (Å²) >= 11 is 0. The van der Waals surface area contributed by atoms with Gasteiger partial charge < -0.3 is 34.3 Å². The van der Waals surface area contributed by atoms with Crippen LogP contribution in [0.25, 0.3) is 43.1 Å². The Balaban J connectivity index is 2.20. The van der Waals surface area contributed by atoms with E-state index >= 15 is 0 Å². The number of aromatic hydroxyl groups is 2. The highest BCUT2D eigenvalue weighted by atomic mass is 16.5. The number of rotatable bonds is 5. The molecule has 2 atom stereocenters. The van der Waals surface area contributed by atoms with Crippen molar-refractivity contribution in [2.45, 2.75) is 31.8 Å². The van der Waals surface area contributed by atoms with Crippen molar-refractivity contribution in [2.24, 2.45) is 0 Å². The fourth-order valence-electron chi connectivity index (χ4n) is 6.89. The third-order valence-electron chi connectivity index (χ3n) is 8.20. The molecule has 0 fully saturated rings. The zero-order valence-corrected chi connectivity index (χ0v) is 22.6. The van der Waals surface area contributed by atoms with E-state index in [0.717, 1.165) is 0 Å². The normalized spacial score (nSPS) is 18.6. The zero-order valence-electron chi connectivity index (χ0n) is 22.6. The predicted molar refractivity (Wildman–Crippen MR) is 149 cm³/mol. The van der Waals surface area contributed by atoms with Crippen LogP contribution in [-0.2, 0) is 11.2 Å². The van der Waals surface area contributed by atoms with Gasteiger partial charge in [-0.1, -0.05) is 0 Å². The van der Waals surface area contributed by atoms with Crippen molar-refractivity contribution in [1.29, 1.82) is 0 Å². The average molecular weight is 547 g/mol. The van der Waals surface area contributed by atoms with Crippen LogP contribution < -0.4 is 29.8 Å². The van der Waals surface area contributed by atoms with E-state index in [4.69, 9.17) is 18.9 Å². The number of benzene rings is 5. The molecule has 0 unspecified atom stereocenters. The van der Waals surface area contributed by atoms with E-state index in [1.807, 2.05) is 0 Å². The molecular weight excluding hydrogens is 520 g/mol. The highest BCUT2D eigenvalue weighted by Gasteiger charge is 2.46. The number of hydrogen-bond acceptors (Lipinski definition) is 10. The Morgan fingerprint density at radius 2 is 1.23 bits per heavy atom. The maximum Gasteiger partial charge on any atom is 0.194 e. The second-order valence-corrected chi connectivity index (χ2v) is 10.4. The molecule has 0 bridgehead atoms. The molecule has 0 amide bonds. The predicted octanol–water partition coefficient (Wildman–Crippen LogP) is 3.32. The van der Waals surface area contributed by atoms with Crippen molar-refractivity contribution in [3.63, 3.8) is 0 Å². The molecule has 40 heavy (non-hydrogen) atoms. The van der Waals surface area contributed by atoms with Crippen LogP contribution in [0, 0.1) is 0 Å². The van der Waals surface area contributed by atoms with E-state index in [2.05, 4.69) is 0 Å². The number of ketones is 1. The Kier molecular flexibility index (Phi) is 5.28. The van der Waals surface area contributed by atoms with E-state index in [0.29, 0.717) is 27.1 Å². The van der Waals surface area contributed by atoms with Crippen LogP contribution in [-0.4, -0.2) is 55.1 Å². The van der Waals surface area contributed by atoms with Gasteiger partial charge in [0.25, 0.3) is 0 Å². The number of methoxy groups -OCH3 is 4. The smallest absolute Gasteiger partial charge is 0.194 e. The summed E-state index contributed by atoms with van der Waals surface area (Å²) in [6.07, 6.45) is -0.187. The minimum absolute atomic E-state index is 0.0555. The fraction of sp³-hybridized carbons (Fsp3) is 0.300. The number of phenols is 2. The number of carbonyl (C=O) groups is 1. The van der Waals surface area contributed by atoms with Crippen LogP contribution in [0.1, 0.15) is 30.9 Å². The van der Waals surface area contributed by atoms with Gasteiger partial charge in [0.2, 0.25) is 0 Å². The molecule has 0 aromatic heterocycles. The lowest BCUT2D eigenvalue weighted by atomic mass is 9.77. The Morgan fingerprint density at radius 1 is 0.750 bits per heavy atom. The van der Waals surface area contributed by atoms with E-state index in [9.17, 15) is 29.7 Å². The van der Waals surface area contributed by atoms with Crippen LogP contribution >= 0.6 is 0 Å². The van der Waals surface area contributed by atoms with Gasteiger partial charge in [0.05, 0.1) is 50.7 Å². The summed E-state index contributed by atoms with van der Waals surface area (Å²) in [5.41, 5.74) is -2.45. The summed E-state index contributed by atoms with van der Waals surface area (Å²) in [5, 5.41) is 36.5. The Bertz CT molecular complexity index is 2040. The zero-order chi connectivity index (χ0) is 29.0. The molecule has 3 N–H and O–H groups in total. The van der Waals surface area contributed by atoms with Crippen molar-refractivity contribution >= 4 is 48.9 Å². The monoisotopic (exact) mass is 546 g/mol. The average Bonchev–Trinajstić information content (AvgIpc) is 2.99. The van der Waals surface area contributed by atoms with Gasteiger partial charge in [-0.15, -0.1) is 0 Å². The molecule has 10 nitrogen and oxygen atoms in total. The molecule has 5 aromatic carbocycles. The van der Waals surface area contributed by atoms with Gasteiger partial charge in [-0.05, 0) is 24.6 Å². The van der Waals surface area contributed by atoms with Crippen molar-refractivity contribution in [1.82, 2.24) is 0 Å². The van der Waals surface area contributed by atoms with Crippen molar-refractivity contribution in [3.8, 4) is 34.5 Å². The van der Waals surface area contributed by atoms with Crippen molar-refractivity contribution in [3.05, 3.63) is 43.7 Å². The fourth-order valence-corrected chi connectivity index (χ4v) is 6.89. The van der Waals surface area contributed by atoms with E-state index in [1.165, 1.54) is 54.4 Å². The lowest BCUT2D eigenvalue weighted by Gasteiger charge is -2.32. The highest BCUT2D eigenvalue weighted by molar-refractivity contribution is 6.39. The van der Waals surface area contributed by atoms with Crippen LogP contribution in [0.15, 0.2) is 21.7 Å². The molecule has 0 heterocycles. The first-order valence-corrected chi connectivity index (χ1v) is 12.5. The molecule has 1 aliphatic carbocycles. The van der Waals surface area contributed by atoms with Crippen molar-refractivity contribution < 1.29 is 39.1 Å². The topological polar surface area (TPSA) is 149 Å². The molecule has 5 aromatic rings. The van der Waals surface area contributed by atoms with E-state index in [1.54, 1.807) is 0 Å². The number of ether oxygens (including phenoxy) is 4. The standard InChI is InChI=1S/C30H26O10/c1-10(31)25-24-22-16-11(9-30(25,2)36)28(39-5)26(34)17-12(32)7-14(37-3)19(21(16)17)20-15(38-4)8-13(33)18(23(20)22)27(35)29(24)40-6/h7-8,25,34-36H,9H2,1-6H3/t25-,30-/m1/s1. The third-order valence-corrected chi connectivity index (χ3v) is 8.20. The summed E-state index contributed by atoms with van der Waals surface area (Å²) in [5.74, 6) is -2.55. The molecule has 0 saturated heterocycles. The number of phenolic OH excluding ortho intramolecular Hbond substituents is 2. The van der Waals surface area contributed by atoms with Crippen molar-refractivity contribution in [2.75, 3.05) is 28.4 Å². The van der Waals surface area contributed by atoms with Crippen LogP contribution in [0.4, 0.5) is 0 Å². The van der Waals surface area contributed by atoms with Gasteiger partial charge in [0, 0.05) is 51.2 Å². The van der Waals surface area contributed by atoms with Gasteiger partial charge in [0.1, 0.15) is 17.3 Å². The SMILES string of the molecule is COc1c(O)c2c(=O)cc(OC)c3c4c(OC)cc(=O)c5c(O)c(OC)c6c(c(c1C[C@@](C)(O)[C@@H]6C(C)=O)c23)c54. The Hall–Kier alpha value is -4.57. The van der Waals surface area contributed by atoms with Gasteiger partial charge in [-0.2, -0.15) is 0 Å². The number of aliphatic hydroxyl groups is 1. The Labute approximate surface area is 226 Å². The Morgan fingerprint density at radius 3 is 1.68 bits per heavy atom. The number of hydrogen-bond donors (Lipinski definition) is 3. The van der Waals surface area contributed by atoms with Gasteiger partial charge in [-0.25, -0.2) is 0 Å². The molecule has 0 radical (unpaired) electrons. The second kappa shape index (κ2) is 8.22. The first-order chi connectivity index (χ1) is 18.9. The number of carbonyl (C=O) groups excluding carboxylic acids is 1. The maximum absolute atomic E-state index is 13.5. The highest BCUT2D eigenvalue weighted by Crippen LogP contribution is 2.59. The molecule has 0 saturated carbocycles. The molecule has 10 heteroatoms. The first kappa shape index (κ1) is 25.7. The summed E-state index contributed by atoms with van der Waals surface area (Å²) in [7, 11) is 5.37. The minimum atomic E-state index is -1.78. The number of fused-ring (bicyclic) bond motifs is 1. The minimum Gasteiger partial charge on any atom is -0.504 e. The van der Waals surface area contributed by atoms with Crippen LogP contribution in [0.5, 0.6) is 34.5 Å². The lowest BCUT2D eigenvalue weighted by Crippen LogP contribution is -2.38. The van der Waals surface area contributed by atoms with Gasteiger partial charge in [0.15, 0.2) is 33.9 Å². The van der Waals surface area contributed by atoms with E-state index < -0.39 is 39.7 Å². The first-order valence-electron chi connectivity index (χ1n) is 12.5. The van der Waals surface area contributed by atoms with Crippen LogP contribution in [0.2, 0.25) is 0 Å². The molecular formula is C30H26O10. The van der Waals surface area contributed by atoms with E-state index in [-0.39, 0.29) is 56.5 Å². The quantitative estimate of drug-likeness (QED) is 0.221. The largest absolute Gasteiger partial charge is 0.504 e. The third kappa shape index (κ3) is 2.88. The molecule has 0 aliphatic heterocycles. The maximum atomic E-state index is 13.5. The molecule has 1 aliphatic rings.